The number of hydrogen-bond acceptors (Lipinski definition) is 6. The zero-order valence-electron chi connectivity index (χ0n) is 50.1. The number of rotatable bonds is 62. The highest BCUT2D eigenvalue weighted by Crippen LogP contribution is 2.18. The van der Waals surface area contributed by atoms with Gasteiger partial charge in [0.15, 0.2) is 6.10 Å². The molecule has 1 unspecified atom stereocenters. The molecule has 0 N–H and O–H groups in total. The average molecular weight is 1040 g/mol. The van der Waals surface area contributed by atoms with Crippen molar-refractivity contribution in [3.63, 3.8) is 0 Å². The smallest absolute Gasteiger partial charge is 0.306 e. The van der Waals surface area contributed by atoms with Crippen LogP contribution in [0.25, 0.3) is 0 Å². The maximum atomic E-state index is 12.9. The summed E-state index contributed by atoms with van der Waals surface area (Å²) in [5.74, 6) is -0.853. The molecule has 0 aromatic carbocycles. The molecule has 0 amide bonds. The van der Waals surface area contributed by atoms with Crippen LogP contribution in [-0.2, 0) is 28.6 Å². The van der Waals surface area contributed by atoms with Crippen molar-refractivity contribution in [2.75, 3.05) is 13.2 Å². The summed E-state index contributed by atoms with van der Waals surface area (Å²) in [7, 11) is 0. The van der Waals surface area contributed by atoms with Gasteiger partial charge < -0.3 is 14.2 Å². The SMILES string of the molecule is CCC/C=C\CCCCCCCC(=O)OCC(COC(=O)CCCCCCCCCCCCCCC/C=C\CCCCCCCCCC)OC(=O)CCCCCCCCCCCCCCCCCCCCCCC. The lowest BCUT2D eigenvalue weighted by molar-refractivity contribution is -0.167. The minimum Gasteiger partial charge on any atom is -0.462 e. The van der Waals surface area contributed by atoms with E-state index in [2.05, 4.69) is 45.1 Å². The van der Waals surface area contributed by atoms with Gasteiger partial charge >= 0.3 is 17.9 Å². The van der Waals surface area contributed by atoms with Crippen LogP contribution in [0.3, 0.4) is 0 Å². The highest BCUT2D eigenvalue weighted by Gasteiger charge is 2.19. The minimum absolute atomic E-state index is 0.0688. The van der Waals surface area contributed by atoms with E-state index in [1.807, 2.05) is 0 Å². The Morgan fingerprint density at radius 1 is 0.257 bits per heavy atom. The summed E-state index contributed by atoms with van der Waals surface area (Å²) in [5, 5.41) is 0. The molecular formula is C68H128O6. The third-order valence-corrected chi connectivity index (χ3v) is 15.2. The Hall–Kier alpha value is -2.11. The predicted molar refractivity (Wildman–Crippen MR) is 321 cm³/mol. The fourth-order valence-corrected chi connectivity index (χ4v) is 10.2. The quantitative estimate of drug-likeness (QED) is 0.0261. The summed E-state index contributed by atoms with van der Waals surface area (Å²) in [4.78, 5) is 38.2. The standard InChI is InChI=1S/C68H128O6/c1-4-7-10-13-16-19-22-24-26-28-30-32-33-34-35-37-38-40-42-44-46-49-52-55-58-61-67(70)73-64-65(63-72-66(69)60-57-54-51-48-21-18-15-12-9-6-3)74-68(71)62-59-56-53-50-47-45-43-41-39-36-31-29-27-25-23-20-17-14-11-8-5-2/h12,15,28,30,65H,4-11,13-14,16-27,29,31-64H2,1-3H3/b15-12-,30-28-. The van der Waals surface area contributed by atoms with Gasteiger partial charge in [0.2, 0.25) is 0 Å². The van der Waals surface area contributed by atoms with Crippen molar-refractivity contribution in [3.8, 4) is 0 Å². The number of allylic oxidation sites excluding steroid dienone is 4. The fraction of sp³-hybridized carbons (Fsp3) is 0.897. The second-order valence-electron chi connectivity index (χ2n) is 22.7. The lowest BCUT2D eigenvalue weighted by atomic mass is 10.0. The molecule has 0 aliphatic heterocycles. The van der Waals surface area contributed by atoms with Gasteiger partial charge in [-0.2, -0.15) is 0 Å². The first kappa shape index (κ1) is 71.9. The first-order valence-corrected chi connectivity index (χ1v) is 33.3. The molecule has 436 valence electrons. The summed E-state index contributed by atoms with van der Waals surface area (Å²) in [6, 6.07) is 0. The highest BCUT2D eigenvalue weighted by molar-refractivity contribution is 5.71. The van der Waals surface area contributed by atoms with Gasteiger partial charge in [-0.1, -0.05) is 315 Å². The number of carbonyl (C=O) groups excluding carboxylic acids is 3. The van der Waals surface area contributed by atoms with Gasteiger partial charge in [-0.25, -0.2) is 0 Å². The highest BCUT2D eigenvalue weighted by atomic mass is 16.6. The van der Waals surface area contributed by atoms with Crippen molar-refractivity contribution < 1.29 is 28.6 Å². The molecule has 0 spiro atoms. The zero-order valence-corrected chi connectivity index (χ0v) is 50.1. The number of esters is 3. The summed E-state index contributed by atoms with van der Waals surface area (Å²) < 4.78 is 16.9. The fourth-order valence-electron chi connectivity index (χ4n) is 10.2. The summed E-state index contributed by atoms with van der Waals surface area (Å²) in [5.41, 5.74) is 0. The normalized spacial score (nSPS) is 12.1. The molecular weight excluding hydrogens is 913 g/mol. The lowest BCUT2D eigenvalue weighted by Crippen LogP contribution is -2.30. The molecule has 0 rings (SSSR count). The van der Waals surface area contributed by atoms with Crippen LogP contribution in [-0.4, -0.2) is 37.2 Å². The van der Waals surface area contributed by atoms with E-state index in [1.54, 1.807) is 0 Å². The number of ether oxygens (including phenoxy) is 3. The largest absolute Gasteiger partial charge is 0.462 e. The second kappa shape index (κ2) is 63.4. The van der Waals surface area contributed by atoms with Crippen LogP contribution in [0.15, 0.2) is 24.3 Å². The van der Waals surface area contributed by atoms with E-state index in [4.69, 9.17) is 14.2 Å². The van der Waals surface area contributed by atoms with Crippen LogP contribution in [0.1, 0.15) is 374 Å². The predicted octanol–water partition coefficient (Wildman–Crippen LogP) is 22.6. The number of carbonyl (C=O) groups is 3. The maximum Gasteiger partial charge on any atom is 0.306 e. The molecule has 0 fully saturated rings. The summed E-state index contributed by atoms with van der Waals surface area (Å²) in [6.45, 7) is 6.64. The van der Waals surface area contributed by atoms with Crippen molar-refractivity contribution in [2.24, 2.45) is 0 Å². The van der Waals surface area contributed by atoms with Crippen LogP contribution in [0.2, 0.25) is 0 Å². The molecule has 0 heterocycles. The van der Waals surface area contributed by atoms with E-state index in [0.29, 0.717) is 19.3 Å². The minimum atomic E-state index is -0.771. The Morgan fingerprint density at radius 2 is 0.473 bits per heavy atom. The van der Waals surface area contributed by atoms with E-state index < -0.39 is 6.10 Å². The van der Waals surface area contributed by atoms with Crippen molar-refractivity contribution in [3.05, 3.63) is 24.3 Å². The van der Waals surface area contributed by atoms with Crippen molar-refractivity contribution in [1.29, 1.82) is 0 Å². The Labute approximate surface area is 462 Å². The van der Waals surface area contributed by atoms with Gasteiger partial charge in [0.1, 0.15) is 13.2 Å². The van der Waals surface area contributed by atoms with Gasteiger partial charge in [0.05, 0.1) is 0 Å². The van der Waals surface area contributed by atoms with E-state index in [0.717, 1.165) is 70.6 Å². The molecule has 0 radical (unpaired) electrons. The van der Waals surface area contributed by atoms with Crippen LogP contribution >= 0.6 is 0 Å². The first-order valence-electron chi connectivity index (χ1n) is 33.3. The van der Waals surface area contributed by atoms with Crippen LogP contribution in [0.5, 0.6) is 0 Å². The van der Waals surface area contributed by atoms with Gasteiger partial charge in [-0.3, -0.25) is 14.4 Å². The number of hydrogen-bond donors (Lipinski definition) is 0. The topological polar surface area (TPSA) is 78.9 Å². The van der Waals surface area contributed by atoms with Gasteiger partial charge in [-0.05, 0) is 64.2 Å². The van der Waals surface area contributed by atoms with Gasteiger partial charge in [0, 0.05) is 19.3 Å². The van der Waals surface area contributed by atoms with E-state index >= 15 is 0 Å². The van der Waals surface area contributed by atoms with Crippen LogP contribution in [0, 0.1) is 0 Å². The molecule has 1 atom stereocenters. The van der Waals surface area contributed by atoms with Gasteiger partial charge in [-0.15, -0.1) is 0 Å². The van der Waals surface area contributed by atoms with Crippen LogP contribution in [0.4, 0.5) is 0 Å². The van der Waals surface area contributed by atoms with E-state index in [1.165, 1.54) is 263 Å². The van der Waals surface area contributed by atoms with Crippen LogP contribution < -0.4 is 0 Å². The maximum absolute atomic E-state index is 12.9. The number of unbranched alkanes of at least 4 members (excludes halogenated alkanes) is 47. The molecule has 0 saturated carbocycles. The Bertz CT molecular complexity index is 1190. The molecule has 0 aliphatic rings. The third-order valence-electron chi connectivity index (χ3n) is 15.2. The van der Waals surface area contributed by atoms with E-state index in [-0.39, 0.29) is 31.1 Å². The van der Waals surface area contributed by atoms with E-state index in [9.17, 15) is 14.4 Å². The molecule has 0 saturated heterocycles. The van der Waals surface area contributed by atoms with Crippen molar-refractivity contribution >= 4 is 17.9 Å². The Morgan fingerprint density at radius 3 is 0.730 bits per heavy atom. The second-order valence-corrected chi connectivity index (χ2v) is 22.7. The Kier molecular flexibility index (Phi) is 61.6. The Balaban J connectivity index is 4.16. The third kappa shape index (κ3) is 60.8. The average Bonchev–Trinajstić information content (AvgIpc) is 3.40. The zero-order chi connectivity index (χ0) is 53.6. The molecule has 0 aliphatic carbocycles. The molecule has 0 aromatic rings. The molecule has 6 heteroatoms. The lowest BCUT2D eigenvalue weighted by Gasteiger charge is -2.18. The monoisotopic (exact) mass is 1040 g/mol. The first-order chi connectivity index (χ1) is 36.5. The molecule has 74 heavy (non-hydrogen) atoms. The summed E-state index contributed by atoms with van der Waals surface area (Å²) >= 11 is 0. The van der Waals surface area contributed by atoms with Crippen molar-refractivity contribution in [2.45, 2.75) is 380 Å². The van der Waals surface area contributed by atoms with Crippen molar-refractivity contribution in [1.82, 2.24) is 0 Å². The van der Waals surface area contributed by atoms with Gasteiger partial charge in [0.25, 0.3) is 0 Å². The molecule has 0 bridgehead atoms. The molecule has 0 aromatic heterocycles. The molecule has 6 nitrogen and oxygen atoms in total. The summed E-state index contributed by atoms with van der Waals surface area (Å²) in [6.07, 6.45) is 76.4.